The minimum absolute atomic E-state index is 0.0357. The fourth-order valence-electron chi connectivity index (χ4n) is 3.25. The number of hydrogen-bond donors (Lipinski definition) is 3. The Morgan fingerprint density at radius 2 is 1.92 bits per heavy atom. The smallest absolute Gasteiger partial charge is 0.323 e. The standard InChI is InChI=1S/C26H29F3N4O3/c1-4-5-22(32-25(35)31-18-8-9-21(27)20(14-18)26(3,28)29)16(2)11-13-36-19-10-12-30-23(15-19)33-24(34)17-6-7-17/h5,8-12,14-15,17H,4,6-7,13H2,1-3H3,(H,30,33,34)(H2,31,32,35)/b16-11-,22-5+. The zero-order valence-corrected chi connectivity index (χ0v) is 20.3. The summed E-state index contributed by atoms with van der Waals surface area (Å²) < 4.78 is 46.6. The molecule has 1 fully saturated rings. The lowest BCUT2D eigenvalue weighted by Gasteiger charge is -2.15. The van der Waals surface area contributed by atoms with Crippen LogP contribution in [0.1, 0.15) is 45.6 Å². The van der Waals surface area contributed by atoms with E-state index in [9.17, 15) is 22.8 Å². The van der Waals surface area contributed by atoms with Gasteiger partial charge in [0.05, 0.1) is 5.56 Å². The summed E-state index contributed by atoms with van der Waals surface area (Å²) in [6.45, 7) is 4.45. The predicted molar refractivity (Wildman–Crippen MR) is 131 cm³/mol. The lowest BCUT2D eigenvalue weighted by Crippen LogP contribution is -2.29. The van der Waals surface area contributed by atoms with E-state index in [0.29, 0.717) is 36.2 Å². The van der Waals surface area contributed by atoms with E-state index in [1.54, 1.807) is 31.2 Å². The first kappa shape index (κ1) is 26.8. The van der Waals surface area contributed by atoms with E-state index >= 15 is 0 Å². The summed E-state index contributed by atoms with van der Waals surface area (Å²) in [4.78, 5) is 28.5. The third-order valence-electron chi connectivity index (χ3n) is 5.35. The first-order valence-corrected chi connectivity index (χ1v) is 11.6. The molecule has 1 saturated carbocycles. The largest absolute Gasteiger partial charge is 0.489 e. The molecule has 0 saturated heterocycles. The molecular formula is C26H29F3N4O3. The van der Waals surface area contributed by atoms with Crippen molar-refractivity contribution in [2.24, 2.45) is 5.92 Å². The molecular weight excluding hydrogens is 473 g/mol. The van der Waals surface area contributed by atoms with E-state index in [-0.39, 0.29) is 24.1 Å². The molecule has 1 aromatic heterocycles. The fraction of sp³-hybridized carbons (Fsp3) is 0.346. The molecule has 0 radical (unpaired) electrons. The Hall–Kier alpha value is -3.82. The van der Waals surface area contributed by atoms with Crippen molar-refractivity contribution in [1.82, 2.24) is 10.3 Å². The van der Waals surface area contributed by atoms with Gasteiger partial charge in [0, 0.05) is 36.5 Å². The number of nitrogens with zero attached hydrogens (tertiary/aromatic N) is 1. The highest BCUT2D eigenvalue weighted by Crippen LogP contribution is 2.31. The topological polar surface area (TPSA) is 92.3 Å². The first-order valence-electron chi connectivity index (χ1n) is 11.6. The number of carbonyl (C=O) groups is 2. The number of alkyl halides is 2. The van der Waals surface area contributed by atoms with E-state index in [1.807, 2.05) is 6.92 Å². The Kier molecular flexibility index (Phi) is 8.73. The van der Waals surface area contributed by atoms with Gasteiger partial charge in [-0.25, -0.2) is 22.9 Å². The van der Waals surface area contributed by atoms with Crippen LogP contribution in [0.15, 0.2) is 60.0 Å². The number of rotatable bonds is 10. The Labute approximate surface area is 207 Å². The van der Waals surface area contributed by atoms with Crippen molar-refractivity contribution in [2.45, 2.75) is 46.0 Å². The molecule has 0 atom stereocenters. The summed E-state index contributed by atoms with van der Waals surface area (Å²) in [7, 11) is 0. The maximum absolute atomic E-state index is 13.7. The molecule has 0 unspecified atom stereocenters. The molecule has 3 N–H and O–H groups in total. The highest BCUT2D eigenvalue weighted by Gasteiger charge is 2.30. The first-order chi connectivity index (χ1) is 17.1. The Morgan fingerprint density at radius 3 is 2.58 bits per heavy atom. The zero-order chi connectivity index (χ0) is 26.3. The molecule has 7 nitrogen and oxygen atoms in total. The van der Waals surface area contributed by atoms with Crippen molar-refractivity contribution in [1.29, 1.82) is 0 Å². The number of benzene rings is 1. The van der Waals surface area contributed by atoms with E-state index < -0.39 is 23.3 Å². The summed E-state index contributed by atoms with van der Waals surface area (Å²) in [6, 6.07) is 5.64. The minimum atomic E-state index is -3.39. The van der Waals surface area contributed by atoms with Crippen LogP contribution in [0.5, 0.6) is 5.75 Å². The second kappa shape index (κ2) is 11.7. The quantitative estimate of drug-likeness (QED) is 0.341. The van der Waals surface area contributed by atoms with Crippen LogP contribution in [0.4, 0.5) is 29.5 Å². The minimum Gasteiger partial charge on any atom is -0.489 e. The van der Waals surface area contributed by atoms with Crippen molar-refractivity contribution in [3.05, 3.63) is 71.3 Å². The van der Waals surface area contributed by atoms with Crippen LogP contribution in [0.2, 0.25) is 0 Å². The maximum Gasteiger partial charge on any atom is 0.323 e. The average molecular weight is 503 g/mol. The number of ether oxygens (including phenoxy) is 1. The number of hydrogen-bond acceptors (Lipinski definition) is 4. The Morgan fingerprint density at radius 1 is 1.17 bits per heavy atom. The molecule has 1 aliphatic rings. The summed E-state index contributed by atoms with van der Waals surface area (Å²) in [6.07, 6.45) is 7.51. The molecule has 1 aromatic carbocycles. The lowest BCUT2D eigenvalue weighted by atomic mass is 10.1. The molecule has 3 rings (SSSR count). The van der Waals surface area contributed by atoms with Gasteiger partial charge in [-0.15, -0.1) is 0 Å². The van der Waals surface area contributed by atoms with Gasteiger partial charge in [-0.05, 0) is 62.1 Å². The molecule has 2 aromatic rings. The summed E-state index contributed by atoms with van der Waals surface area (Å²) in [5.74, 6) is -3.48. The summed E-state index contributed by atoms with van der Waals surface area (Å²) in [5, 5.41) is 7.90. The Balaban J connectivity index is 1.58. The number of urea groups is 1. The molecule has 0 aliphatic heterocycles. The van der Waals surface area contributed by atoms with Gasteiger partial charge in [-0.1, -0.05) is 13.0 Å². The van der Waals surface area contributed by atoms with Gasteiger partial charge in [0.25, 0.3) is 5.92 Å². The summed E-state index contributed by atoms with van der Waals surface area (Å²) in [5.41, 5.74) is 0.454. The van der Waals surface area contributed by atoms with Crippen LogP contribution in [-0.2, 0) is 10.7 Å². The fourth-order valence-corrected chi connectivity index (χ4v) is 3.25. The maximum atomic E-state index is 13.7. The normalized spacial score (nSPS) is 14.3. The SMILES string of the molecule is CC/C=C(NC(=O)Nc1ccc(F)c(C(C)(F)F)c1)\C(C)=C/COc1ccnc(NC(=O)C2CC2)c1. The van der Waals surface area contributed by atoms with Crippen LogP contribution in [0.3, 0.4) is 0 Å². The van der Waals surface area contributed by atoms with Crippen molar-refractivity contribution in [3.8, 4) is 5.75 Å². The highest BCUT2D eigenvalue weighted by atomic mass is 19.3. The van der Waals surface area contributed by atoms with E-state index in [1.165, 1.54) is 12.3 Å². The number of aromatic nitrogens is 1. The van der Waals surface area contributed by atoms with Gasteiger partial charge >= 0.3 is 6.03 Å². The number of carbonyl (C=O) groups excluding carboxylic acids is 2. The van der Waals surface area contributed by atoms with E-state index in [2.05, 4.69) is 20.9 Å². The Bertz CT molecular complexity index is 1170. The lowest BCUT2D eigenvalue weighted by molar-refractivity contribution is -0.117. The monoisotopic (exact) mass is 502 g/mol. The number of halogens is 3. The van der Waals surface area contributed by atoms with E-state index in [4.69, 9.17) is 4.74 Å². The molecule has 36 heavy (non-hydrogen) atoms. The second-order valence-electron chi connectivity index (χ2n) is 8.53. The van der Waals surface area contributed by atoms with Gasteiger partial charge in [-0.2, -0.15) is 0 Å². The predicted octanol–water partition coefficient (Wildman–Crippen LogP) is 6.12. The number of anilines is 2. The average Bonchev–Trinajstić information content (AvgIpc) is 3.65. The van der Waals surface area contributed by atoms with Gasteiger partial charge in [0.2, 0.25) is 5.91 Å². The molecule has 192 valence electrons. The molecule has 10 heteroatoms. The van der Waals surface area contributed by atoms with Crippen LogP contribution in [0.25, 0.3) is 0 Å². The molecule has 3 amide bonds. The van der Waals surface area contributed by atoms with Gasteiger partial charge < -0.3 is 20.7 Å². The van der Waals surface area contributed by atoms with Crippen molar-refractivity contribution in [2.75, 3.05) is 17.2 Å². The van der Waals surface area contributed by atoms with Gasteiger partial charge in [-0.3, -0.25) is 4.79 Å². The van der Waals surface area contributed by atoms with Gasteiger partial charge in [0.15, 0.2) is 0 Å². The van der Waals surface area contributed by atoms with Crippen LogP contribution in [-0.4, -0.2) is 23.5 Å². The van der Waals surface area contributed by atoms with E-state index in [0.717, 1.165) is 25.0 Å². The number of nitrogens with one attached hydrogen (secondary N) is 3. The molecule has 0 spiro atoms. The van der Waals surface area contributed by atoms with Crippen molar-refractivity contribution < 1.29 is 27.5 Å². The number of amides is 3. The van der Waals surface area contributed by atoms with Crippen LogP contribution < -0.4 is 20.7 Å². The zero-order valence-electron chi connectivity index (χ0n) is 20.3. The van der Waals surface area contributed by atoms with Crippen molar-refractivity contribution in [3.63, 3.8) is 0 Å². The van der Waals surface area contributed by atoms with Crippen LogP contribution >= 0.6 is 0 Å². The second-order valence-corrected chi connectivity index (χ2v) is 8.53. The van der Waals surface area contributed by atoms with Gasteiger partial charge in [0.1, 0.15) is 24.0 Å². The molecule has 1 aliphatic carbocycles. The number of pyridine rings is 1. The molecule has 1 heterocycles. The highest BCUT2D eigenvalue weighted by molar-refractivity contribution is 5.93. The molecule has 0 bridgehead atoms. The third kappa shape index (κ3) is 7.86. The number of allylic oxidation sites excluding steroid dienone is 2. The van der Waals surface area contributed by atoms with Crippen molar-refractivity contribution >= 4 is 23.4 Å². The van der Waals surface area contributed by atoms with Crippen LogP contribution in [0, 0.1) is 11.7 Å². The summed E-state index contributed by atoms with van der Waals surface area (Å²) >= 11 is 0. The third-order valence-corrected chi connectivity index (χ3v) is 5.35.